The minimum Gasteiger partial charge on any atom is -0.467 e. The van der Waals surface area contributed by atoms with E-state index in [9.17, 15) is 4.79 Å². The Kier molecular flexibility index (Phi) is 4.20. The summed E-state index contributed by atoms with van der Waals surface area (Å²) in [7, 11) is 0. The number of thiazole rings is 1. The Morgan fingerprint density at radius 1 is 1.32 bits per heavy atom. The second-order valence-electron chi connectivity index (χ2n) is 4.59. The van der Waals surface area contributed by atoms with Crippen LogP contribution in [0.2, 0.25) is 0 Å². The number of hydrogen-bond acceptors (Lipinski definition) is 6. The Morgan fingerprint density at radius 3 is 2.82 bits per heavy atom. The third-order valence-corrected chi connectivity index (χ3v) is 3.71. The average molecular weight is 314 g/mol. The number of aromatic nitrogens is 1. The van der Waals surface area contributed by atoms with Crippen LogP contribution < -0.4 is 10.1 Å². The molecule has 2 heterocycles. The van der Waals surface area contributed by atoms with Gasteiger partial charge in [-0.1, -0.05) is 0 Å². The van der Waals surface area contributed by atoms with Crippen LogP contribution in [0, 0.1) is 0 Å². The number of benzene rings is 1. The van der Waals surface area contributed by atoms with E-state index >= 15 is 0 Å². The molecule has 0 radical (unpaired) electrons. The van der Waals surface area contributed by atoms with Crippen molar-refractivity contribution in [2.45, 2.75) is 13.5 Å². The summed E-state index contributed by atoms with van der Waals surface area (Å²) >= 11 is 1.53. The molecule has 0 spiro atoms. The van der Waals surface area contributed by atoms with Crippen molar-refractivity contribution in [3.63, 3.8) is 0 Å². The van der Waals surface area contributed by atoms with Gasteiger partial charge in [-0.3, -0.25) is 4.79 Å². The topological polar surface area (TPSA) is 64.4 Å². The van der Waals surface area contributed by atoms with Gasteiger partial charge in [0.25, 0.3) is 0 Å². The Morgan fingerprint density at radius 2 is 2.14 bits per heavy atom. The molecule has 1 aromatic carbocycles. The highest BCUT2D eigenvalue weighted by Gasteiger charge is 2.06. The van der Waals surface area contributed by atoms with Gasteiger partial charge in [-0.25, -0.2) is 4.98 Å². The van der Waals surface area contributed by atoms with Gasteiger partial charge in [-0.05, 0) is 36.4 Å². The molecule has 0 saturated carbocycles. The molecule has 22 heavy (non-hydrogen) atoms. The van der Waals surface area contributed by atoms with E-state index in [1.54, 1.807) is 18.4 Å². The SMILES string of the molecule is CC(=O)Oc1ccc(-c2csc(NCc3ccco3)n2)cc1. The predicted octanol–water partition coefficient (Wildman–Crippen LogP) is 3.94. The molecule has 3 aromatic rings. The molecule has 0 amide bonds. The first-order valence-electron chi connectivity index (χ1n) is 6.71. The second-order valence-corrected chi connectivity index (χ2v) is 5.45. The summed E-state index contributed by atoms with van der Waals surface area (Å²) < 4.78 is 10.3. The lowest BCUT2D eigenvalue weighted by molar-refractivity contribution is -0.131. The third-order valence-electron chi connectivity index (χ3n) is 2.91. The summed E-state index contributed by atoms with van der Waals surface area (Å²) in [4.78, 5) is 15.4. The highest BCUT2D eigenvalue weighted by molar-refractivity contribution is 7.14. The molecule has 0 aliphatic carbocycles. The maximum absolute atomic E-state index is 10.9. The smallest absolute Gasteiger partial charge is 0.308 e. The van der Waals surface area contributed by atoms with Crippen molar-refractivity contribution in [2.75, 3.05) is 5.32 Å². The number of anilines is 1. The lowest BCUT2D eigenvalue weighted by Gasteiger charge is -2.02. The summed E-state index contributed by atoms with van der Waals surface area (Å²) in [5, 5.41) is 6.03. The number of nitrogens with zero attached hydrogens (tertiary/aromatic N) is 1. The van der Waals surface area contributed by atoms with E-state index in [-0.39, 0.29) is 5.97 Å². The molecule has 0 bridgehead atoms. The van der Waals surface area contributed by atoms with Crippen LogP contribution in [0.4, 0.5) is 5.13 Å². The molecular weight excluding hydrogens is 300 g/mol. The van der Waals surface area contributed by atoms with Gasteiger partial charge in [0.15, 0.2) is 5.13 Å². The van der Waals surface area contributed by atoms with E-state index < -0.39 is 0 Å². The highest BCUT2D eigenvalue weighted by Crippen LogP contribution is 2.26. The lowest BCUT2D eigenvalue weighted by atomic mass is 10.2. The van der Waals surface area contributed by atoms with E-state index in [2.05, 4.69) is 10.3 Å². The number of ether oxygens (including phenoxy) is 1. The lowest BCUT2D eigenvalue weighted by Crippen LogP contribution is -2.00. The first-order chi connectivity index (χ1) is 10.7. The minimum atomic E-state index is -0.328. The number of carbonyl (C=O) groups excluding carboxylic acids is 1. The van der Waals surface area contributed by atoms with Gasteiger partial charge in [0.1, 0.15) is 11.5 Å². The fourth-order valence-electron chi connectivity index (χ4n) is 1.92. The van der Waals surface area contributed by atoms with Crippen LogP contribution >= 0.6 is 11.3 Å². The van der Waals surface area contributed by atoms with Crippen LogP contribution in [-0.4, -0.2) is 11.0 Å². The van der Waals surface area contributed by atoms with Crippen molar-refractivity contribution in [1.29, 1.82) is 0 Å². The Bertz CT molecular complexity index is 748. The van der Waals surface area contributed by atoms with Gasteiger partial charge in [-0.2, -0.15) is 0 Å². The van der Waals surface area contributed by atoms with Gasteiger partial charge in [0.05, 0.1) is 18.5 Å². The fraction of sp³-hybridized carbons (Fsp3) is 0.125. The molecule has 0 unspecified atom stereocenters. The van der Waals surface area contributed by atoms with Gasteiger partial charge >= 0.3 is 5.97 Å². The van der Waals surface area contributed by atoms with Crippen molar-refractivity contribution >= 4 is 22.4 Å². The van der Waals surface area contributed by atoms with Gasteiger partial charge in [0, 0.05) is 17.9 Å². The molecule has 0 saturated heterocycles. The van der Waals surface area contributed by atoms with E-state index in [0.717, 1.165) is 22.1 Å². The van der Waals surface area contributed by atoms with E-state index in [1.165, 1.54) is 18.3 Å². The monoisotopic (exact) mass is 314 g/mol. The number of rotatable bonds is 5. The van der Waals surface area contributed by atoms with Crippen molar-refractivity contribution < 1.29 is 13.9 Å². The predicted molar refractivity (Wildman–Crippen MR) is 84.9 cm³/mol. The summed E-state index contributed by atoms with van der Waals surface area (Å²) in [5.41, 5.74) is 1.85. The molecule has 3 rings (SSSR count). The zero-order chi connectivity index (χ0) is 15.4. The third kappa shape index (κ3) is 3.53. The molecule has 0 atom stereocenters. The van der Waals surface area contributed by atoms with Gasteiger partial charge in [0.2, 0.25) is 0 Å². The van der Waals surface area contributed by atoms with Crippen LogP contribution in [0.15, 0.2) is 52.5 Å². The summed E-state index contributed by atoms with van der Waals surface area (Å²) in [6.07, 6.45) is 1.65. The van der Waals surface area contributed by atoms with Crippen molar-refractivity contribution in [2.24, 2.45) is 0 Å². The normalized spacial score (nSPS) is 10.4. The van der Waals surface area contributed by atoms with Gasteiger partial charge in [-0.15, -0.1) is 11.3 Å². The molecule has 5 nitrogen and oxygen atoms in total. The largest absolute Gasteiger partial charge is 0.467 e. The molecule has 2 aromatic heterocycles. The average Bonchev–Trinajstić information content (AvgIpc) is 3.17. The van der Waals surface area contributed by atoms with Crippen molar-refractivity contribution in [3.8, 4) is 17.0 Å². The number of esters is 1. The number of carbonyl (C=O) groups is 1. The van der Waals surface area contributed by atoms with Crippen LogP contribution in [-0.2, 0) is 11.3 Å². The molecule has 0 fully saturated rings. The standard InChI is InChI=1S/C16H14N2O3S/c1-11(19)21-13-6-4-12(5-7-13)15-10-22-16(18-15)17-9-14-3-2-8-20-14/h2-8,10H,9H2,1H3,(H,17,18). The second kappa shape index (κ2) is 6.44. The number of hydrogen-bond donors (Lipinski definition) is 1. The zero-order valence-corrected chi connectivity index (χ0v) is 12.7. The summed E-state index contributed by atoms with van der Waals surface area (Å²) in [5.74, 6) is 1.07. The zero-order valence-electron chi connectivity index (χ0n) is 11.9. The molecule has 1 N–H and O–H groups in total. The van der Waals surface area contributed by atoms with Crippen LogP contribution in [0.25, 0.3) is 11.3 Å². The van der Waals surface area contributed by atoms with E-state index in [4.69, 9.17) is 9.15 Å². The van der Waals surface area contributed by atoms with E-state index in [0.29, 0.717) is 12.3 Å². The quantitative estimate of drug-likeness (QED) is 0.571. The maximum atomic E-state index is 10.9. The molecule has 112 valence electrons. The van der Waals surface area contributed by atoms with Crippen molar-refractivity contribution in [3.05, 3.63) is 53.8 Å². The Balaban J connectivity index is 1.66. The maximum Gasteiger partial charge on any atom is 0.308 e. The molecular formula is C16H14N2O3S. The first-order valence-corrected chi connectivity index (χ1v) is 7.59. The summed E-state index contributed by atoms with van der Waals surface area (Å²) in [6.45, 7) is 1.98. The fourth-order valence-corrected chi connectivity index (χ4v) is 2.64. The van der Waals surface area contributed by atoms with Crippen molar-refractivity contribution in [1.82, 2.24) is 4.98 Å². The Labute approximate surface area is 131 Å². The van der Waals surface area contributed by atoms with Crippen LogP contribution in [0.1, 0.15) is 12.7 Å². The minimum absolute atomic E-state index is 0.328. The first kappa shape index (κ1) is 14.3. The summed E-state index contributed by atoms with van der Waals surface area (Å²) in [6, 6.07) is 11.0. The Hall–Kier alpha value is -2.60. The molecule has 0 aliphatic heterocycles. The molecule has 0 aliphatic rings. The number of furan rings is 1. The van der Waals surface area contributed by atoms with E-state index in [1.807, 2.05) is 29.6 Å². The van der Waals surface area contributed by atoms with Gasteiger partial charge < -0.3 is 14.5 Å². The number of nitrogens with one attached hydrogen (secondary N) is 1. The van der Waals surface area contributed by atoms with Crippen LogP contribution in [0.3, 0.4) is 0 Å². The molecule has 6 heteroatoms. The highest BCUT2D eigenvalue weighted by atomic mass is 32.1. The van der Waals surface area contributed by atoms with Crippen LogP contribution in [0.5, 0.6) is 5.75 Å².